The number of carbonyl (C=O) groups excluding carboxylic acids is 1. The predicted octanol–water partition coefficient (Wildman–Crippen LogP) is 3.47. The van der Waals surface area contributed by atoms with E-state index in [0.717, 1.165) is 0 Å². The highest BCUT2D eigenvalue weighted by atomic mass is 32.2. The zero-order valence-electron chi connectivity index (χ0n) is 22.3. The van der Waals surface area contributed by atoms with E-state index in [1.54, 1.807) is 23.9 Å². The molecule has 1 saturated heterocycles. The van der Waals surface area contributed by atoms with E-state index in [4.69, 9.17) is 26.1 Å². The summed E-state index contributed by atoms with van der Waals surface area (Å²) in [6.45, 7) is 14.5. The van der Waals surface area contributed by atoms with Crippen molar-refractivity contribution in [3.05, 3.63) is 51.3 Å². The maximum absolute atomic E-state index is 12.8. The van der Waals surface area contributed by atoms with Gasteiger partial charge in [-0.25, -0.2) is 9.78 Å². The molecule has 204 valence electrons. The van der Waals surface area contributed by atoms with Crippen molar-refractivity contribution in [2.75, 3.05) is 12.4 Å². The first-order valence-corrected chi connectivity index (χ1v) is 16.5. The highest BCUT2D eigenvalue weighted by molar-refractivity contribution is 8.13. The van der Waals surface area contributed by atoms with Crippen LogP contribution in [-0.2, 0) is 18.7 Å². The Bertz CT molecular complexity index is 1220. The number of rotatable bonds is 8. The normalized spacial score (nSPS) is 22.2. The summed E-state index contributed by atoms with van der Waals surface area (Å²) in [6.07, 6.45) is 4.81. The van der Waals surface area contributed by atoms with Crippen molar-refractivity contribution in [3.8, 4) is 0 Å². The van der Waals surface area contributed by atoms with Crippen molar-refractivity contribution < 1.29 is 18.7 Å². The summed E-state index contributed by atoms with van der Waals surface area (Å²) >= 11 is 6.68. The van der Waals surface area contributed by atoms with E-state index in [1.165, 1.54) is 35.8 Å². The molecule has 0 unspecified atom stereocenters. The van der Waals surface area contributed by atoms with Gasteiger partial charge in [-0.1, -0.05) is 32.5 Å². The number of hydrogen-bond donors (Lipinski definition) is 1. The largest absolute Gasteiger partial charge is 0.462 e. The first-order valence-electron chi connectivity index (χ1n) is 12.1. The Morgan fingerprint density at radius 1 is 1.32 bits per heavy atom. The second-order valence-corrected chi connectivity index (χ2v) is 17.1. The molecule has 0 bridgehead atoms. The molecule has 1 fully saturated rings. The van der Waals surface area contributed by atoms with Gasteiger partial charge in [0.05, 0.1) is 6.10 Å². The Balaban J connectivity index is 1.95. The number of aromatic amines is 1. The number of ether oxygens (including phenoxy) is 2. The Morgan fingerprint density at radius 2 is 2.03 bits per heavy atom. The van der Waals surface area contributed by atoms with Gasteiger partial charge in [0.15, 0.2) is 25.8 Å². The topological polar surface area (TPSA) is 117 Å². The minimum Gasteiger partial charge on any atom is -0.462 e. The zero-order chi connectivity index (χ0) is 27.5. The minimum absolute atomic E-state index is 0.0345. The summed E-state index contributed by atoms with van der Waals surface area (Å²) in [5.74, 6) is 0.118. The first-order chi connectivity index (χ1) is 17.2. The van der Waals surface area contributed by atoms with Gasteiger partial charge in [-0.2, -0.15) is 0 Å². The molecule has 2 aromatic rings. The smallest absolute Gasteiger partial charge is 0.330 e. The van der Waals surface area contributed by atoms with Crippen molar-refractivity contribution >= 4 is 42.6 Å². The van der Waals surface area contributed by atoms with Crippen LogP contribution >= 0.6 is 24.0 Å². The van der Waals surface area contributed by atoms with E-state index < -0.39 is 31.9 Å². The van der Waals surface area contributed by atoms with E-state index in [0.29, 0.717) is 24.3 Å². The van der Waals surface area contributed by atoms with E-state index in [1.807, 2.05) is 0 Å². The number of imidazole rings is 1. The van der Waals surface area contributed by atoms with Crippen molar-refractivity contribution in [2.24, 2.45) is 5.92 Å². The zero-order valence-corrected chi connectivity index (χ0v) is 25.0. The molecule has 3 rings (SSSR count). The minimum atomic E-state index is -1.99. The van der Waals surface area contributed by atoms with Gasteiger partial charge in [0.2, 0.25) is 0 Å². The number of hydrogen-bond acceptors (Lipinski definition) is 9. The highest BCUT2D eigenvalue weighted by Crippen LogP contribution is 2.41. The first kappa shape index (κ1) is 29.5. The Labute approximate surface area is 227 Å². The lowest BCUT2D eigenvalue weighted by Crippen LogP contribution is -2.41. The average Bonchev–Trinajstić information content (AvgIpc) is 3.43. The number of H-pyrrole nitrogens is 1. The summed E-state index contributed by atoms with van der Waals surface area (Å²) in [7, 11) is -1.99. The molecule has 2 aromatic heterocycles. The lowest BCUT2D eigenvalue weighted by molar-refractivity contribution is -0.109. The molecule has 0 spiro atoms. The van der Waals surface area contributed by atoms with Crippen molar-refractivity contribution in [3.63, 3.8) is 0 Å². The van der Waals surface area contributed by atoms with Crippen LogP contribution < -0.4 is 11.2 Å². The van der Waals surface area contributed by atoms with Gasteiger partial charge in [0.1, 0.15) is 6.33 Å². The van der Waals surface area contributed by atoms with Gasteiger partial charge >= 0.3 is 5.69 Å². The standard InChI is InChI=1S/C24H36N4O6S2Si/c1-15-12-28(22(31)26-20(15)30)21-19(34-23(35)27-10-9-25-14-27)17(13-36-16(2)29)18(33-21)8-11-32-37(6,7)24(3,4)5/h9-10,12,14,17-19,21H,8,11,13H2,1-7H3,(H,26,30,31)/t17-,18-,19-,21-/m1/s1. The number of thiocarbonyl (C=S) groups is 1. The molecule has 13 heteroatoms. The van der Waals surface area contributed by atoms with Gasteiger partial charge in [-0.15, -0.1) is 0 Å². The van der Waals surface area contributed by atoms with Crippen LogP contribution in [-0.4, -0.2) is 62.3 Å². The van der Waals surface area contributed by atoms with E-state index in [-0.39, 0.29) is 27.3 Å². The molecule has 3 heterocycles. The second-order valence-electron chi connectivity index (χ2n) is 10.7. The highest BCUT2D eigenvalue weighted by Gasteiger charge is 2.48. The summed E-state index contributed by atoms with van der Waals surface area (Å²) in [5.41, 5.74) is -0.717. The number of thioether (sulfide) groups is 1. The van der Waals surface area contributed by atoms with E-state index in [2.05, 4.69) is 43.8 Å². The number of nitrogens with one attached hydrogen (secondary N) is 1. The summed E-state index contributed by atoms with van der Waals surface area (Å²) < 4.78 is 22.0. The third-order valence-electron chi connectivity index (χ3n) is 7.02. The van der Waals surface area contributed by atoms with Crippen LogP contribution in [0.1, 0.15) is 45.9 Å². The molecule has 10 nitrogen and oxygen atoms in total. The van der Waals surface area contributed by atoms with E-state index in [9.17, 15) is 14.4 Å². The molecule has 4 atom stereocenters. The predicted molar refractivity (Wildman–Crippen MR) is 149 cm³/mol. The summed E-state index contributed by atoms with van der Waals surface area (Å²) in [6, 6.07) is 0. The number of carbonyl (C=O) groups is 1. The van der Waals surface area contributed by atoms with Crippen LogP contribution in [0.25, 0.3) is 0 Å². The molecule has 0 radical (unpaired) electrons. The molecule has 1 aliphatic rings. The van der Waals surface area contributed by atoms with Gasteiger partial charge < -0.3 is 13.9 Å². The van der Waals surface area contributed by atoms with Crippen molar-refractivity contribution in [2.45, 2.75) is 77.6 Å². The van der Waals surface area contributed by atoms with Crippen LogP contribution in [0.4, 0.5) is 0 Å². The summed E-state index contributed by atoms with van der Waals surface area (Å²) in [4.78, 5) is 43.1. The van der Waals surface area contributed by atoms with Crippen LogP contribution in [0, 0.1) is 12.8 Å². The fourth-order valence-electron chi connectivity index (χ4n) is 3.81. The SMILES string of the molecule is CC(=O)SC[C@H]1[C@@H](OC(=S)n2ccnc2)[C@H](n2cc(C)c(=O)[nH]c2=O)O[C@@H]1CCO[Si](C)(C)C(C)(C)C. The number of aromatic nitrogens is 4. The van der Waals surface area contributed by atoms with Crippen molar-refractivity contribution in [1.29, 1.82) is 0 Å². The molecule has 37 heavy (non-hydrogen) atoms. The molecule has 0 aromatic carbocycles. The molecule has 1 N–H and O–H groups in total. The van der Waals surface area contributed by atoms with Gasteiger partial charge in [0.25, 0.3) is 10.7 Å². The fraction of sp³-hybridized carbons (Fsp3) is 0.625. The molecule has 0 amide bonds. The van der Waals surface area contributed by atoms with Gasteiger partial charge in [0, 0.05) is 49.4 Å². The molecule has 0 saturated carbocycles. The van der Waals surface area contributed by atoms with Crippen LogP contribution in [0.3, 0.4) is 0 Å². The lowest BCUT2D eigenvalue weighted by Gasteiger charge is -2.36. The number of aryl methyl sites for hydroxylation is 1. The molecular formula is C24H36N4O6S2Si. The maximum Gasteiger partial charge on any atom is 0.330 e. The second kappa shape index (κ2) is 11.8. The quantitative estimate of drug-likeness (QED) is 0.377. The third-order valence-corrected chi connectivity index (χ3v) is 12.8. The van der Waals surface area contributed by atoms with Crippen molar-refractivity contribution in [1.82, 2.24) is 19.1 Å². The fourth-order valence-corrected chi connectivity index (χ4v) is 5.93. The molecular weight excluding hydrogens is 533 g/mol. The molecule has 0 aliphatic carbocycles. The Kier molecular flexibility index (Phi) is 9.38. The van der Waals surface area contributed by atoms with Gasteiger partial charge in [-0.05, 0) is 43.7 Å². The average molecular weight is 569 g/mol. The van der Waals surface area contributed by atoms with Crippen LogP contribution in [0.15, 0.2) is 34.5 Å². The van der Waals surface area contributed by atoms with Crippen LogP contribution in [0.5, 0.6) is 0 Å². The monoisotopic (exact) mass is 568 g/mol. The molecule has 1 aliphatic heterocycles. The van der Waals surface area contributed by atoms with E-state index >= 15 is 0 Å². The van der Waals surface area contributed by atoms with Gasteiger partial charge in [-0.3, -0.25) is 23.7 Å². The maximum atomic E-state index is 12.8. The van der Waals surface area contributed by atoms with Crippen LogP contribution in [0.2, 0.25) is 18.1 Å². The summed E-state index contributed by atoms with van der Waals surface area (Å²) in [5, 5.41) is 0.160. The Morgan fingerprint density at radius 3 is 2.62 bits per heavy atom. The Hall–Kier alpha value is -2.06. The number of nitrogens with zero attached hydrogens (tertiary/aromatic N) is 3. The third kappa shape index (κ3) is 7.08. The lowest BCUT2D eigenvalue weighted by atomic mass is 9.98.